The van der Waals surface area contributed by atoms with Crippen LogP contribution in [0.2, 0.25) is 0 Å². The number of carbonyl (C=O) groups excluding carboxylic acids is 1. The van der Waals surface area contributed by atoms with Crippen LogP contribution in [0.5, 0.6) is 0 Å². The van der Waals surface area contributed by atoms with Crippen molar-refractivity contribution in [1.82, 2.24) is 0 Å². The summed E-state index contributed by atoms with van der Waals surface area (Å²) in [6, 6.07) is 10.8. The highest BCUT2D eigenvalue weighted by Crippen LogP contribution is 2.67. The maximum Gasteiger partial charge on any atom is 0.155 e. The van der Waals surface area contributed by atoms with Crippen LogP contribution in [0, 0.1) is 28.6 Å². The summed E-state index contributed by atoms with van der Waals surface area (Å²) < 4.78 is 0. The van der Waals surface area contributed by atoms with Crippen LogP contribution in [0.4, 0.5) is 0 Å². The van der Waals surface area contributed by atoms with E-state index in [2.05, 4.69) is 44.2 Å². The molecule has 1 N–H and O–H groups in total. The lowest BCUT2D eigenvalue weighted by atomic mass is 9.45. The summed E-state index contributed by atoms with van der Waals surface area (Å²) in [6.07, 6.45) is 9.25. The minimum Gasteiger partial charge on any atom is -0.393 e. The van der Waals surface area contributed by atoms with Gasteiger partial charge >= 0.3 is 0 Å². The number of allylic oxidation sites excluding steroid dienone is 1. The highest BCUT2D eigenvalue weighted by molar-refractivity contribution is 5.92. The lowest BCUT2D eigenvalue weighted by molar-refractivity contribution is -0.118. The Balaban J connectivity index is 1.61. The zero-order chi connectivity index (χ0) is 18.8. The van der Waals surface area contributed by atoms with Gasteiger partial charge in [-0.25, -0.2) is 0 Å². The number of aliphatic hydroxyl groups is 1. The molecule has 3 fully saturated rings. The molecule has 0 heterocycles. The fraction of sp³-hybridized carbons (Fsp3) is 0.640. The third-order valence-electron chi connectivity index (χ3n) is 9.16. The lowest BCUT2D eigenvalue weighted by Crippen LogP contribution is -2.52. The van der Waals surface area contributed by atoms with Gasteiger partial charge in [-0.1, -0.05) is 49.8 Å². The van der Waals surface area contributed by atoms with Gasteiger partial charge in [0.2, 0.25) is 0 Å². The van der Waals surface area contributed by atoms with E-state index in [1.165, 1.54) is 24.0 Å². The Morgan fingerprint density at radius 1 is 1.00 bits per heavy atom. The molecule has 5 rings (SSSR count). The van der Waals surface area contributed by atoms with Crippen molar-refractivity contribution >= 4 is 5.78 Å². The van der Waals surface area contributed by atoms with Gasteiger partial charge in [0, 0.05) is 12.3 Å². The van der Waals surface area contributed by atoms with Crippen LogP contribution in [0.3, 0.4) is 0 Å². The zero-order valence-corrected chi connectivity index (χ0v) is 16.7. The van der Waals surface area contributed by atoms with Crippen molar-refractivity contribution in [3.05, 3.63) is 47.5 Å². The van der Waals surface area contributed by atoms with Gasteiger partial charge in [0.25, 0.3) is 0 Å². The maximum absolute atomic E-state index is 12.4. The molecule has 0 aromatic heterocycles. The predicted octanol–water partition coefficient (Wildman–Crippen LogP) is 5.27. The van der Waals surface area contributed by atoms with E-state index in [4.69, 9.17) is 0 Å². The van der Waals surface area contributed by atoms with E-state index in [0.717, 1.165) is 25.7 Å². The Bertz CT molecular complexity index is 781. The quantitative estimate of drug-likeness (QED) is 0.737. The molecule has 0 spiro atoms. The van der Waals surface area contributed by atoms with Crippen LogP contribution in [0.1, 0.15) is 70.3 Å². The normalized spacial score (nSPS) is 46.3. The van der Waals surface area contributed by atoms with Gasteiger partial charge in [0.1, 0.15) is 0 Å². The molecule has 4 aliphatic carbocycles. The van der Waals surface area contributed by atoms with Gasteiger partial charge in [-0.15, -0.1) is 0 Å². The number of carbonyl (C=O) groups is 1. The first-order valence-corrected chi connectivity index (χ1v) is 10.9. The van der Waals surface area contributed by atoms with Gasteiger partial charge in [-0.2, -0.15) is 0 Å². The number of fused-ring (bicyclic) bond motifs is 5. The molecule has 2 heteroatoms. The van der Waals surface area contributed by atoms with Gasteiger partial charge in [0.15, 0.2) is 5.78 Å². The molecule has 1 aromatic carbocycles. The molecule has 1 aromatic rings. The van der Waals surface area contributed by atoms with Crippen molar-refractivity contribution in [2.75, 3.05) is 0 Å². The summed E-state index contributed by atoms with van der Waals surface area (Å²) in [7, 11) is 0. The summed E-state index contributed by atoms with van der Waals surface area (Å²) in [5, 5.41) is 10.7. The molecule has 3 saturated carbocycles. The van der Waals surface area contributed by atoms with Crippen LogP contribution in [-0.2, 0) is 4.79 Å². The number of rotatable bonds is 1. The number of hydrogen-bond donors (Lipinski definition) is 1. The summed E-state index contributed by atoms with van der Waals surface area (Å²) in [5.74, 6) is 2.65. The molecule has 2 nitrogen and oxygen atoms in total. The van der Waals surface area contributed by atoms with E-state index >= 15 is 0 Å². The summed E-state index contributed by atoms with van der Waals surface area (Å²) in [5.41, 5.74) is 3.03. The standard InChI is InChI=1S/C25H32O2/c1-24-12-10-17(26)14-22(24)18(16-6-4-3-5-7-16)15-19-20-8-9-23(27)25(20,2)13-11-21(19)24/h3-7,14,18-21,23,27H,8-13,15H2,1-2H3/t18?,19-,20-,21?,23?,24+,25-/m0/s1. The zero-order valence-electron chi connectivity index (χ0n) is 16.7. The SMILES string of the molecule is C[C@]12CCC(=O)C=C1C(c1ccccc1)C[C@@H]1C2CC[C@]2(C)C(O)CC[C@@H]12. The molecule has 0 bridgehead atoms. The Kier molecular flexibility index (Phi) is 3.95. The van der Waals surface area contributed by atoms with E-state index in [1.54, 1.807) is 0 Å². The first-order valence-electron chi connectivity index (χ1n) is 10.9. The predicted molar refractivity (Wildman–Crippen MR) is 107 cm³/mol. The van der Waals surface area contributed by atoms with Gasteiger partial charge in [0.05, 0.1) is 6.10 Å². The van der Waals surface area contributed by atoms with Crippen LogP contribution in [0.15, 0.2) is 42.0 Å². The maximum atomic E-state index is 12.4. The molecular weight excluding hydrogens is 332 g/mol. The first kappa shape index (κ1) is 17.7. The number of ketones is 1. The molecule has 0 saturated heterocycles. The van der Waals surface area contributed by atoms with E-state index in [1.807, 2.05) is 6.08 Å². The fourth-order valence-electron chi connectivity index (χ4n) is 7.62. The van der Waals surface area contributed by atoms with Crippen molar-refractivity contribution in [1.29, 1.82) is 0 Å². The van der Waals surface area contributed by atoms with E-state index in [0.29, 0.717) is 35.9 Å². The Hall–Kier alpha value is -1.41. The lowest BCUT2D eigenvalue weighted by Gasteiger charge is -2.59. The highest BCUT2D eigenvalue weighted by Gasteiger charge is 2.60. The second-order valence-corrected chi connectivity index (χ2v) is 10.2. The van der Waals surface area contributed by atoms with Crippen molar-refractivity contribution < 1.29 is 9.90 Å². The molecule has 27 heavy (non-hydrogen) atoms. The number of hydrogen-bond acceptors (Lipinski definition) is 2. The monoisotopic (exact) mass is 364 g/mol. The average Bonchev–Trinajstić information content (AvgIpc) is 2.98. The van der Waals surface area contributed by atoms with E-state index in [9.17, 15) is 9.90 Å². The third kappa shape index (κ3) is 2.45. The van der Waals surface area contributed by atoms with E-state index < -0.39 is 0 Å². The molecule has 3 unspecified atom stereocenters. The second kappa shape index (κ2) is 6.04. The molecule has 0 radical (unpaired) electrons. The first-order chi connectivity index (χ1) is 12.9. The molecule has 144 valence electrons. The number of aliphatic hydroxyl groups excluding tert-OH is 1. The summed E-state index contributed by atoms with van der Waals surface area (Å²) >= 11 is 0. The molecule has 0 aliphatic heterocycles. The second-order valence-electron chi connectivity index (χ2n) is 10.2. The van der Waals surface area contributed by atoms with Crippen LogP contribution in [0.25, 0.3) is 0 Å². The van der Waals surface area contributed by atoms with Crippen molar-refractivity contribution in [3.63, 3.8) is 0 Å². The molecule has 7 atom stereocenters. The Morgan fingerprint density at radius 2 is 1.78 bits per heavy atom. The molecule has 0 amide bonds. The molecular formula is C25H32O2. The van der Waals surface area contributed by atoms with Crippen LogP contribution >= 0.6 is 0 Å². The summed E-state index contributed by atoms with van der Waals surface area (Å²) in [6.45, 7) is 4.80. The van der Waals surface area contributed by atoms with Crippen molar-refractivity contribution in [2.45, 2.75) is 70.8 Å². The topological polar surface area (TPSA) is 37.3 Å². The Morgan fingerprint density at radius 3 is 2.56 bits per heavy atom. The van der Waals surface area contributed by atoms with Gasteiger partial charge < -0.3 is 5.11 Å². The fourth-order valence-corrected chi connectivity index (χ4v) is 7.62. The highest BCUT2D eigenvalue weighted by atomic mass is 16.3. The van der Waals surface area contributed by atoms with Crippen molar-refractivity contribution in [2.24, 2.45) is 28.6 Å². The minimum atomic E-state index is -0.128. The number of benzene rings is 1. The smallest absolute Gasteiger partial charge is 0.155 e. The average molecular weight is 365 g/mol. The van der Waals surface area contributed by atoms with Gasteiger partial charge in [-0.3, -0.25) is 4.79 Å². The minimum absolute atomic E-state index is 0.102. The molecule has 4 aliphatic rings. The Labute approximate surface area is 163 Å². The van der Waals surface area contributed by atoms with Gasteiger partial charge in [-0.05, 0) is 78.7 Å². The third-order valence-corrected chi connectivity index (χ3v) is 9.16. The van der Waals surface area contributed by atoms with Crippen molar-refractivity contribution in [3.8, 4) is 0 Å². The van der Waals surface area contributed by atoms with E-state index in [-0.39, 0.29) is 16.9 Å². The summed E-state index contributed by atoms with van der Waals surface area (Å²) in [4.78, 5) is 12.4. The largest absolute Gasteiger partial charge is 0.393 e. The van der Waals surface area contributed by atoms with Crippen LogP contribution in [-0.4, -0.2) is 17.0 Å². The van der Waals surface area contributed by atoms with Crippen LogP contribution < -0.4 is 0 Å².